The number of hydrogen-bond donors (Lipinski definition) is 2. The van der Waals surface area contributed by atoms with Crippen LogP contribution < -0.4 is 10.6 Å². The van der Waals surface area contributed by atoms with Crippen molar-refractivity contribution in [1.29, 1.82) is 0 Å². The Kier molecular flexibility index (Phi) is 5.42. The van der Waals surface area contributed by atoms with E-state index >= 15 is 0 Å². The number of aryl methyl sites for hydroxylation is 1. The molecular formula is C19H16N2O2S2. The van der Waals surface area contributed by atoms with Crippen molar-refractivity contribution in [2.24, 2.45) is 0 Å². The first-order valence-corrected chi connectivity index (χ1v) is 9.36. The number of benzene rings is 1. The minimum Gasteiger partial charge on any atom is -0.320 e. The van der Waals surface area contributed by atoms with Crippen molar-refractivity contribution in [3.05, 3.63) is 80.3 Å². The Balaban J connectivity index is 1.84. The standard InChI is InChI=1S/C19H16N2O2S2/c1-13-6-2-3-8-15(13)20-18(22)16(12-14-7-4-10-24-14)21-19(23)17-9-5-11-25-17/h2-12H,1H3,(H,20,22)(H,21,23)/b16-12+. The number of hydrogen-bond acceptors (Lipinski definition) is 4. The molecule has 0 fully saturated rings. The van der Waals surface area contributed by atoms with E-state index in [1.54, 1.807) is 18.2 Å². The number of nitrogens with one attached hydrogen (secondary N) is 2. The number of anilines is 1. The van der Waals surface area contributed by atoms with Crippen LogP contribution in [-0.4, -0.2) is 11.8 Å². The van der Waals surface area contributed by atoms with Gasteiger partial charge in [0.05, 0.1) is 4.88 Å². The molecule has 2 N–H and O–H groups in total. The molecule has 126 valence electrons. The molecule has 0 aliphatic rings. The first-order valence-electron chi connectivity index (χ1n) is 7.60. The molecule has 6 heteroatoms. The number of rotatable bonds is 5. The van der Waals surface area contributed by atoms with Gasteiger partial charge in [-0.05, 0) is 47.5 Å². The number of carbonyl (C=O) groups excluding carboxylic acids is 2. The summed E-state index contributed by atoms with van der Waals surface area (Å²) < 4.78 is 0. The van der Waals surface area contributed by atoms with Crippen molar-refractivity contribution in [1.82, 2.24) is 5.32 Å². The molecule has 3 aromatic rings. The summed E-state index contributed by atoms with van der Waals surface area (Å²) in [4.78, 5) is 26.5. The van der Waals surface area contributed by atoms with Crippen molar-refractivity contribution in [2.75, 3.05) is 5.32 Å². The molecule has 0 atom stereocenters. The zero-order valence-electron chi connectivity index (χ0n) is 13.5. The Morgan fingerprint density at radius 2 is 1.72 bits per heavy atom. The topological polar surface area (TPSA) is 58.2 Å². The molecule has 0 bridgehead atoms. The molecule has 0 aliphatic carbocycles. The summed E-state index contributed by atoms with van der Waals surface area (Å²) in [5.41, 5.74) is 1.88. The molecule has 3 rings (SSSR count). The van der Waals surface area contributed by atoms with E-state index in [0.717, 1.165) is 16.1 Å². The highest BCUT2D eigenvalue weighted by Crippen LogP contribution is 2.17. The predicted octanol–water partition coefficient (Wildman–Crippen LogP) is 4.53. The van der Waals surface area contributed by atoms with E-state index in [0.29, 0.717) is 4.88 Å². The summed E-state index contributed by atoms with van der Waals surface area (Å²) in [6.45, 7) is 1.92. The molecular weight excluding hydrogens is 352 g/mol. The molecule has 25 heavy (non-hydrogen) atoms. The molecule has 2 heterocycles. The predicted molar refractivity (Wildman–Crippen MR) is 104 cm³/mol. The third kappa shape index (κ3) is 4.43. The molecule has 0 spiro atoms. The monoisotopic (exact) mass is 368 g/mol. The van der Waals surface area contributed by atoms with E-state index in [1.165, 1.54) is 22.7 Å². The summed E-state index contributed by atoms with van der Waals surface area (Å²) in [6.07, 6.45) is 1.68. The summed E-state index contributed by atoms with van der Waals surface area (Å²) in [7, 11) is 0. The van der Waals surface area contributed by atoms with Crippen LogP contribution in [-0.2, 0) is 4.79 Å². The van der Waals surface area contributed by atoms with E-state index in [4.69, 9.17) is 0 Å². The Morgan fingerprint density at radius 3 is 2.40 bits per heavy atom. The lowest BCUT2D eigenvalue weighted by molar-refractivity contribution is -0.113. The van der Waals surface area contributed by atoms with Gasteiger partial charge < -0.3 is 10.6 Å². The number of carbonyl (C=O) groups is 2. The molecule has 0 unspecified atom stereocenters. The van der Waals surface area contributed by atoms with E-state index in [9.17, 15) is 9.59 Å². The zero-order valence-corrected chi connectivity index (χ0v) is 15.1. The SMILES string of the molecule is Cc1ccccc1NC(=O)/C(=C\c1cccs1)NC(=O)c1cccs1. The average molecular weight is 368 g/mol. The van der Waals surface area contributed by atoms with Crippen LogP contribution in [0.25, 0.3) is 6.08 Å². The summed E-state index contributed by atoms with van der Waals surface area (Å²) in [5.74, 6) is -0.648. The first-order chi connectivity index (χ1) is 12.1. The maximum atomic E-state index is 12.7. The number of para-hydroxylation sites is 1. The Hall–Kier alpha value is -2.70. The van der Waals surface area contributed by atoms with Gasteiger partial charge >= 0.3 is 0 Å². The lowest BCUT2D eigenvalue weighted by Crippen LogP contribution is -2.30. The maximum absolute atomic E-state index is 12.7. The highest BCUT2D eigenvalue weighted by Gasteiger charge is 2.16. The van der Waals surface area contributed by atoms with E-state index in [2.05, 4.69) is 10.6 Å². The summed E-state index contributed by atoms with van der Waals surface area (Å²) in [5, 5.41) is 9.33. The average Bonchev–Trinajstić information content (AvgIpc) is 3.29. The van der Waals surface area contributed by atoms with Crippen molar-refractivity contribution >= 4 is 46.3 Å². The van der Waals surface area contributed by atoms with Gasteiger partial charge in [0.25, 0.3) is 11.8 Å². The van der Waals surface area contributed by atoms with Crippen LogP contribution in [0.15, 0.2) is 65.0 Å². The largest absolute Gasteiger partial charge is 0.320 e. The van der Waals surface area contributed by atoms with Crippen molar-refractivity contribution in [2.45, 2.75) is 6.92 Å². The van der Waals surface area contributed by atoms with Crippen molar-refractivity contribution < 1.29 is 9.59 Å². The van der Waals surface area contributed by atoms with Crippen LogP contribution in [0.5, 0.6) is 0 Å². The smallest absolute Gasteiger partial charge is 0.272 e. The third-order valence-corrected chi connectivity index (χ3v) is 5.15. The van der Waals surface area contributed by atoms with Gasteiger partial charge in [0.1, 0.15) is 5.70 Å². The van der Waals surface area contributed by atoms with Crippen LogP contribution >= 0.6 is 22.7 Å². The van der Waals surface area contributed by atoms with Crippen LogP contribution in [0.1, 0.15) is 20.1 Å². The maximum Gasteiger partial charge on any atom is 0.272 e. The normalized spacial score (nSPS) is 11.2. The second-order valence-electron chi connectivity index (χ2n) is 5.27. The Labute approximate surface area is 153 Å². The highest BCUT2D eigenvalue weighted by atomic mass is 32.1. The van der Waals surface area contributed by atoms with Gasteiger partial charge in [-0.25, -0.2) is 0 Å². The molecule has 0 saturated heterocycles. The molecule has 4 nitrogen and oxygen atoms in total. The van der Waals surface area contributed by atoms with Gasteiger partial charge in [-0.1, -0.05) is 30.3 Å². The van der Waals surface area contributed by atoms with Gasteiger partial charge in [-0.15, -0.1) is 22.7 Å². The van der Waals surface area contributed by atoms with E-state index < -0.39 is 0 Å². The molecule has 0 aliphatic heterocycles. The van der Waals surface area contributed by atoms with E-state index in [-0.39, 0.29) is 17.5 Å². The van der Waals surface area contributed by atoms with Gasteiger partial charge in [0.2, 0.25) is 0 Å². The quantitative estimate of drug-likeness (QED) is 0.650. The Morgan fingerprint density at radius 1 is 0.960 bits per heavy atom. The lowest BCUT2D eigenvalue weighted by atomic mass is 10.2. The molecule has 1 aromatic carbocycles. The molecule has 2 aromatic heterocycles. The third-order valence-electron chi connectivity index (χ3n) is 3.46. The van der Waals surface area contributed by atoms with Crippen molar-refractivity contribution in [3.63, 3.8) is 0 Å². The first kappa shape index (κ1) is 17.1. The second kappa shape index (κ2) is 7.92. The lowest BCUT2D eigenvalue weighted by Gasteiger charge is -2.12. The number of thiophene rings is 2. The highest BCUT2D eigenvalue weighted by molar-refractivity contribution is 7.12. The van der Waals surface area contributed by atoms with Gasteiger partial charge in [0.15, 0.2) is 0 Å². The van der Waals surface area contributed by atoms with Crippen LogP contribution in [0, 0.1) is 6.92 Å². The summed E-state index contributed by atoms with van der Waals surface area (Å²) >= 11 is 2.83. The molecule has 0 radical (unpaired) electrons. The van der Waals surface area contributed by atoms with Gasteiger partial charge in [-0.2, -0.15) is 0 Å². The minimum atomic E-state index is -0.354. The molecule has 2 amide bonds. The van der Waals surface area contributed by atoms with Crippen molar-refractivity contribution in [3.8, 4) is 0 Å². The Bertz CT molecular complexity index is 897. The van der Waals surface area contributed by atoms with E-state index in [1.807, 2.05) is 54.1 Å². The fourth-order valence-corrected chi connectivity index (χ4v) is 3.44. The molecule has 0 saturated carbocycles. The number of amides is 2. The summed E-state index contributed by atoms with van der Waals surface area (Å²) in [6, 6.07) is 14.8. The fraction of sp³-hybridized carbons (Fsp3) is 0.0526. The fourth-order valence-electron chi connectivity index (χ4n) is 2.17. The van der Waals surface area contributed by atoms with Crippen LogP contribution in [0.3, 0.4) is 0 Å². The van der Waals surface area contributed by atoms with Gasteiger partial charge in [0, 0.05) is 10.6 Å². The van der Waals surface area contributed by atoms with Gasteiger partial charge in [-0.3, -0.25) is 9.59 Å². The minimum absolute atomic E-state index is 0.212. The zero-order chi connectivity index (χ0) is 17.6. The second-order valence-corrected chi connectivity index (χ2v) is 7.20. The van der Waals surface area contributed by atoms with Crippen LogP contribution in [0.4, 0.5) is 5.69 Å². The van der Waals surface area contributed by atoms with Crippen LogP contribution in [0.2, 0.25) is 0 Å².